The van der Waals surface area contributed by atoms with E-state index in [1.807, 2.05) is 43.3 Å². The van der Waals surface area contributed by atoms with E-state index in [1.165, 1.54) is 0 Å². The standard InChI is InChI=1S/C22H17ClN2O/c1-14-7-12-19-18(13-14)21(20(24-19)15-5-3-2-4-6-15)25-22(26)16-8-10-17(23)11-9-16/h2-13,24H,1H3,(H,25,26). The summed E-state index contributed by atoms with van der Waals surface area (Å²) in [5, 5.41) is 4.68. The van der Waals surface area contributed by atoms with Crippen molar-refractivity contribution in [3.05, 3.63) is 88.9 Å². The van der Waals surface area contributed by atoms with Gasteiger partial charge >= 0.3 is 0 Å². The van der Waals surface area contributed by atoms with E-state index in [1.54, 1.807) is 24.3 Å². The summed E-state index contributed by atoms with van der Waals surface area (Å²) in [7, 11) is 0. The summed E-state index contributed by atoms with van der Waals surface area (Å²) in [6, 6.07) is 23.0. The Balaban J connectivity index is 1.83. The molecule has 0 fully saturated rings. The van der Waals surface area contributed by atoms with Crippen LogP contribution in [0.4, 0.5) is 5.69 Å². The maximum atomic E-state index is 12.8. The lowest BCUT2D eigenvalue weighted by Crippen LogP contribution is -2.12. The number of aryl methyl sites for hydroxylation is 1. The molecule has 0 aliphatic heterocycles. The van der Waals surface area contributed by atoms with Crippen LogP contribution in [0.15, 0.2) is 72.8 Å². The third-order valence-corrected chi connectivity index (χ3v) is 4.61. The summed E-state index contributed by atoms with van der Waals surface area (Å²) in [5.41, 5.74) is 5.39. The highest BCUT2D eigenvalue weighted by molar-refractivity contribution is 6.30. The van der Waals surface area contributed by atoms with Gasteiger partial charge in [-0.1, -0.05) is 53.6 Å². The van der Waals surface area contributed by atoms with Crippen LogP contribution in [0.3, 0.4) is 0 Å². The van der Waals surface area contributed by atoms with Crippen molar-refractivity contribution in [2.24, 2.45) is 0 Å². The zero-order chi connectivity index (χ0) is 18.1. The van der Waals surface area contributed by atoms with Crippen LogP contribution in [0, 0.1) is 6.92 Å². The van der Waals surface area contributed by atoms with Gasteiger partial charge in [-0.2, -0.15) is 0 Å². The van der Waals surface area contributed by atoms with Crippen LogP contribution in [0.2, 0.25) is 5.02 Å². The number of anilines is 1. The Bertz CT molecular complexity index is 1080. The van der Waals surface area contributed by atoms with Crippen molar-refractivity contribution < 1.29 is 4.79 Å². The molecule has 0 bridgehead atoms. The molecule has 26 heavy (non-hydrogen) atoms. The van der Waals surface area contributed by atoms with E-state index in [4.69, 9.17) is 11.6 Å². The fourth-order valence-corrected chi connectivity index (χ4v) is 3.17. The van der Waals surface area contributed by atoms with Crippen LogP contribution >= 0.6 is 11.6 Å². The van der Waals surface area contributed by atoms with Gasteiger partial charge in [-0.05, 0) is 43.3 Å². The smallest absolute Gasteiger partial charge is 0.255 e. The van der Waals surface area contributed by atoms with Crippen molar-refractivity contribution in [1.82, 2.24) is 4.98 Å². The molecule has 0 unspecified atom stereocenters. The highest BCUT2D eigenvalue weighted by Crippen LogP contribution is 2.35. The molecule has 128 valence electrons. The lowest BCUT2D eigenvalue weighted by molar-refractivity contribution is 0.102. The molecule has 0 saturated carbocycles. The van der Waals surface area contributed by atoms with E-state index < -0.39 is 0 Å². The number of fused-ring (bicyclic) bond motifs is 1. The average molecular weight is 361 g/mol. The number of nitrogens with one attached hydrogen (secondary N) is 2. The van der Waals surface area contributed by atoms with E-state index in [9.17, 15) is 4.79 Å². The Morgan fingerprint density at radius 3 is 2.42 bits per heavy atom. The minimum Gasteiger partial charge on any atom is -0.353 e. The van der Waals surface area contributed by atoms with Gasteiger partial charge in [0.25, 0.3) is 5.91 Å². The number of carbonyl (C=O) groups is 1. The minimum atomic E-state index is -0.166. The van der Waals surface area contributed by atoms with Crippen LogP contribution in [-0.4, -0.2) is 10.9 Å². The number of benzene rings is 3. The molecular weight excluding hydrogens is 344 g/mol. The number of amides is 1. The highest BCUT2D eigenvalue weighted by atomic mass is 35.5. The van der Waals surface area contributed by atoms with Gasteiger partial charge < -0.3 is 10.3 Å². The molecule has 2 N–H and O–H groups in total. The molecule has 0 aliphatic carbocycles. The Hall–Kier alpha value is -3.04. The molecule has 1 amide bonds. The maximum Gasteiger partial charge on any atom is 0.255 e. The quantitative estimate of drug-likeness (QED) is 0.459. The predicted molar refractivity (Wildman–Crippen MR) is 108 cm³/mol. The normalized spacial score (nSPS) is 10.8. The van der Waals surface area contributed by atoms with Crippen molar-refractivity contribution in [3.63, 3.8) is 0 Å². The molecule has 1 aromatic heterocycles. The second-order valence-corrected chi connectivity index (χ2v) is 6.69. The Kier molecular flexibility index (Phi) is 4.23. The number of hydrogen-bond donors (Lipinski definition) is 2. The number of carbonyl (C=O) groups excluding carboxylic acids is 1. The molecule has 3 aromatic carbocycles. The first kappa shape index (κ1) is 16.4. The van der Waals surface area contributed by atoms with E-state index in [-0.39, 0.29) is 5.91 Å². The summed E-state index contributed by atoms with van der Waals surface area (Å²) in [5.74, 6) is -0.166. The third-order valence-electron chi connectivity index (χ3n) is 4.36. The second-order valence-electron chi connectivity index (χ2n) is 6.25. The molecule has 4 rings (SSSR count). The van der Waals surface area contributed by atoms with Gasteiger partial charge in [0.2, 0.25) is 0 Å². The molecule has 4 heteroatoms. The first-order valence-corrected chi connectivity index (χ1v) is 8.74. The second kappa shape index (κ2) is 6.70. The first-order chi connectivity index (χ1) is 12.6. The number of aromatic nitrogens is 1. The van der Waals surface area contributed by atoms with Crippen LogP contribution in [0.5, 0.6) is 0 Å². The lowest BCUT2D eigenvalue weighted by atomic mass is 10.1. The van der Waals surface area contributed by atoms with Gasteiger partial charge in [0, 0.05) is 27.1 Å². The summed E-state index contributed by atoms with van der Waals surface area (Å²) >= 11 is 5.92. The highest BCUT2D eigenvalue weighted by Gasteiger charge is 2.16. The van der Waals surface area contributed by atoms with E-state index >= 15 is 0 Å². The molecule has 3 nitrogen and oxygen atoms in total. The van der Waals surface area contributed by atoms with Crippen LogP contribution < -0.4 is 5.32 Å². The molecule has 1 heterocycles. The van der Waals surface area contributed by atoms with Gasteiger partial charge in [0.1, 0.15) is 0 Å². The fraction of sp³-hybridized carbons (Fsp3) is 0.0455. The lowest BCUT2D eigenvalue weighted by Gasteiger charge is -2.08. The van der Waals surface area contributed by atoms with E-state index in [0.717, 1.165) is 33.4 Å². The van der Waals surface area contributed by atoms with Gasteiger partial charge in [-0.3, -0.25) is 4.79 Å². The summed E-state index contributed by atoms with van der Waals surface area (Å²) < 4.78 is 0. The molecule has 4 aromatic rings. The predicted octanol–water partition coefficient (Wildman–Crippen LogP) is 6.05. The molecule has 0 spiro atoms. The van der Waals surface area contributed by atoms with Gasteiger partial charge in [-0.25, -0.2) is 0 Å². The SMILES string of the molecule is Cc1ccc2[nH]c(-c3ccccc3)c(NC(=O)c3ccc(Cl)cc3)c2c1. The number of hydrogen-bond acceptors (Lipinski definition) is 1. The van der Waals surface area contributed by atoms with Crippen LogP contribution in [0.25, 0.3) is 22.2 Å². The monoisotopic (exact) mass is 360 g/mol. The van der Waals surface area contributed by atoms with E-state index in [2.05, 4.69) is 22.4 Å². The Morgan fingerprint density at radius 1 is 0.962 bits per heavy atom. The molecule has 0 radical (unpaired) electrons. The Labute approximate surface area is 156 Å². The van der Waals surface area contributed by atoms with Crippen molar-refractivity contribution in [2.45, 2.75) is 6.92 Å². The Morgan fingerprint density at radius 2 is 1.69 bits per heavy atom. The van der Waals surface area contributed by atoms with Crippen molar-refractivity contribution in [1.29, 1.82) is 0 Å². The maximum absolute atomic E-state index is 12.8. The summed E-state index contributed by atoms with van der Waals surface area (Å²) in [6.07, 6.45) is 0. The molecule has 0 atom stereocenters. The number of halogens is 1. The zero-order valence-corrected chi connectivity index (χ0v) is 15.0. The molecular formula is C22H17ClN2O. The first-order valence-electron chi connectivity index (χ1n) is 8.36. The van der Waals surface area contributed by atoms with E-state index in [0.29, 0.717) is 10.6 Å². The number of aromatic amines is 1. The number of H-pyrrole nitrogens is 1. The van der Waals surface area contributed by atoms with Crippen molar-refractivity contribution >= 4 is 34.1 Å². The number of rotatable bonds is 3. The molecule has 0 aliphatic rings. The van der Waals surface area contributed by atoms with Gasteiger partial charge in [0.15, 0.2) is 0 Å². The average Bonchev–Trinajstić information content (AvgIpc) is 3.01. The van der Waals surface area contributed by atoms with Crippen LogP contribution in [-0.2, 0) is 0 Å². The molecule has 0 saturated heterocycles. The van der Waals surface area contributed by atoms with Crippen LogP contribution in [0.1, 0.15) is 15.9 Å². The van der Waals surface area contributed by atoms with Gasteiger partial charge in [0.05, 0.1) is 11.4 Å². The fourth-order valence-electron chi connectivity index (χ4n) is 3.04. The third kappa shape index (κ3) is 3.09. The summed E-state index contributed by atoms with van der Waals surface area (Å²) in [4.78, 5) is 16.2. The topological polar surface area (TPSA) is 44.9 Å². The zero-order valence-electron chi connectivity index (χ0n) is 14.2. The largest absolute Gasteiger partial charge is 0.353 e. The summed E-state index contributed by atoms with van der Waals surface area (Å²) in [6.45, 7) is 2.04. The van der Waals surface area contributed by atoms with Crippen molar-refractivity contribution in [3.8, 4) is 11.3 Å². The van der Waals surface area contributed by atoms with Gasteiger partial charge in [-0.15, -0.1) is 0 Å². The minimum absolute atomic E-state index is 0.166. The van der Waals surface area contributed by atoms with Crippen molar-refractivity contribution in [2.75, 3.05) is 5.32 Å².